The zero-order valence-corrected chi connectivity index (χ0v) is 14.7. The molecule has 1 atom stereocenters. The third-order valence-corrected chi connectivity index (χ3v) is 5.42. The van der Waals surface area contributed by atoms with Crippen LogP contribution in [-0.4, -0.2) is 11.8 Å². The predicted octanol–water partition coefficient (Wildman–Crippen LogP) is 5.48. The lowest BCUT2D eigenvalue weighted by Gasteiger charge is -2.27. The van der Waals surface area contributed by atoms with Crippen LogP contribution in [0.25, 0.3) is 10.9 Å². The van der Waals surface area contributed by atoms with Crippen LogP contribution in [-0.2, 0) is 0 Å². The van der Waals surface area contributed by atoms with Gasteiger partial charge in [-0.1, -0.05) is 67.8 Å². The van der Waals surface area contributed by atoms with E-state index in [-0.39, 0.29) is 11.8 Å². The molecule has 130 valence electrons. The number of ketones is 1. The number of hydrogen-bond donors (Lipinski definition) is 1. The normalized spacial score (nSPS) is 21.6. The Labute approximate surface area is 154 Å². The molecule has 3 heteroatoms. The number of hydrogen-bond acceptors (Lipinski definition) is 2. The molecule has 1 saturated carbocycles. The molecule has 3 nitrogen and oxygen atoms in total. The van der Waals surface area contributed by atoms with Crippen molar-refractivity contribution < 1.29 is 4.79 Å². The molecule has 2 aromatic carbocycles. The molecule has 2 aliphatic carbocycles. The van der Waals surface area contributed by atoms with Crippen LogP contribution < -0.4 is 5.32 Å². The standard InChI is InChI=1S/C23H22N2O/c1-24-18-12-13-19-20(15-18)22(25-17-10-6-3-7-11-17)21(23(19)26)14-16-8-4-2-5-9-16/h2,4-5,8-9,12-15,17,22,25H,3,6-7,10-11H2/b21-14+. The third-order valence-electron chi connectivity index (χ3n) is 5.42. The van der Waals surface area contributed by atoms with Crippen molar-refractivity contribution in [1.82, 2.24) is 5.32 Å². The van der Waals surface area contributed by atoms with Crippen LogP contribution in [0.4, 0.5) is 5.69 Å². The molecule has 0 saturated heterocycles. The summed E-state index contributed by atoms with van der Waals surface area (Å²) in [6.07, 6.45) is 8.09. The minimum atomic E-state index is -0.123. The molecule has 26 heavy (non-hydrogen) atoms. The highest BCUT2D eigenvalue weighted by Crippen LogP contribution is 2.40. The number of nitrogens with one attached hydrogen (secondary N) is 1. The first kappa shape index (κ1) is 16.8. The highest BCUT2D eigenvalue weighted by atomic mass is 16.1. The van der Waals surface area contributed by atoms with Crippen LogP contribution in [0.5, 0.6) is 0 Å². The fourth-order valence-corrected chi connectivity index (χ4v) is 4.08. The summed E-state index contributed by atoms with van der Waals surface area (Å²) in [5.74, 6) is 0.0775. The lowest BCUT2D eigenvalue weighted by molar-refractivity contribution is 0.103. The number of carbonyl (C=O) groups is 1. The van der Waals surface area contributed by atoms with Crippen molar-refractivity contribution in [3.05, 3.63) is 82.2 Å². The average Bonchev–Trinajstić information content (AvgIpc) is 2.95. The fourth-order valence-electron chi connectivity index (χ4n) is 4.08. The highest BCUT2D eigenvalue weighted by molar-refractivity contribution is 6.16. The number of nitrogens with zero attached hydrogens (tertiary/aromatic N) is 1. The van der Waals surface area contributed by atoms with Gasteiger partial charge < -0.3 is 5.32 Å². The zero-order chi connectivity index (χ0) is 17.9. The Hall–Kier alpha value is -2.70. The molecule has 0 heterocycles. The van der Waals surface area contributed by atoms with Crippen molar-refractivity contribution >= 4 is 17.5 Å². The second-order valence-electron chi connectivity index (χ2n) is 7.16. The number of rotatable bonds is 3. The van der Waals surface area contributed by atoms with E-state index in [1.54, 1.807) is 6.07 Å². The predicted molar refractivity (Wildman–Crippen MR) is 104 cm³/mol. The SMILES string of the molecule is [C-]#[N+]c1ccc2c(c1)C(NC1CCCCC1)/C(=C\c1ccccc1)C2=O. The van der Waals surface area contributed by atoms with Crippen LogP contribution in [0, 0.1) is 6.57 Å². The van der Waals surface area contributed by atoms with Gasteiger partial charge in [-0.15, -0.1) is 0 Å². The molecular weight excluding hydrogens is 320 g/mol. The topological polar surface area (TPSA) is 33.5 Å². The van der Waals surface area contributed by atoms with Gasteiger partial charge in [0.05, 0.1) is 12.6 Å². The second-order valence-corrected chi connectivity index (χ2v) is 7.16. The summed E-state index contributed by atoms with van der Waals surface area (Å²) in [4.78, 5) is 16.6. The molecule has 1 unspecified atom stereocenters. The minimum absolute atomic E-state index is 0.0775. The summed E-state index contributed by atoms with van der Waals surface area (Å²) >= 11 is 0. The lowest BCUT2D eigenvalue weighted by Crippen LogP contribution is -2.34. The summed E-state index contributed by atoms with van der Waals surface area (Å²) in [6, 6.07) is 15.7. The molecule has 0 spiro atoms. The summed E-state index contributed by atoms with van der Waals surface area (Å²) in [5, 5.41) is 3.73. The molecular formula is C23H22N2O. The van der Waals surface area contributed by atoms with Crippen molar-refractivity contribution in [2.45, 2.75) is 44.2 Å². The quantitative estimate of drug-likeness (QED) is 0.592. The van der Waals surface area contributed by atoms with Crippen LogP contribution in [0.15, 0.2) is 54.1 Å². The Balaban J connectivity index is 1.75. The van der Waals surface area contributed by atoms with E-state index in [4.69, 9.17) is 6.57 Å². The van der Waals surface area contributed by atoms with Crippen molar-refractivity contribution in [1.29, 1.82) is 0 Å². The van der Waals surface area contributed by atoms with Crippen molar-refractivity contribution in [3.8, 4) is 0 Å². The van der Waals surface area contributed by atoms with E-state index in [0.29, 0.717) is 11.7 Å². The Morgan fingerprint density at radius 1 is 1.04 bits per heavy atom. The summed E-state index contributed by atoms with van der Waals surface area (Å²) in [5.41, 5.74) is 4.10. The van der Waals surface area contributed by atoms with Crippen LogP contribution in [0.1, 0.15) is 59.6 Å². The highest BCUT2D eigenvalue weighted by Gasteiger charge is 2.35. The van der Waals surface area contributed by atoms with Crippen LogP contribution in [0.2, 0.25) is 0 Å². The molecule has 1 fully saturated rings. The molecule has 0 bridgehead atoms. The monoisotopic (exact) mass is 342 g/mol. The number of Topliss-reactive ketones (excluding diaryl/α,β-unsaturated/α-hetero) is 1. The maximum atomic E-state index is 13.1. The van der Waals surface area contributed by atoms with Gasteiger partial charge >= 0.3 is 0 Å². The van der Waals surface area contributed by atoms with Gasteiger partial charge in [-0.25, -0.2) is 4.85 Å². The molecule has 2 aliphatic rings. The second kappa shape index (κ2) is 7.27. The molecule has 2 aromatic rings. The van der Waals surface area contributed by atoms with Gasteiger partial charge in [-0.3, -0.25) is 4.79 Å². The number of benzene rings is 2. The number of carbonyl (C=O) groups excluding carboxylic acids is 1. The molecule has 4 rings (SSSR count). The van der Waals surface area contributed by atoms with Gasteiger partial charge in [0.1, 0.15) is 0 Å². The van der Waals surface area contributed by atoms with Crippen molar-refractivity contribution in [2.75, 3.05) is 0 Å². The van der Waals surface area contributed by atoms with E-state index in [1.807, 2.05) is 48.5 Å². The van der Waals surface area contributed by atoms with E-state index < -0.39 is 0 Å². The lowest BCUT2D eigenvalue weighted by atomic mass is 9.93. The van der Waals surface area contributed by atoms with E-state index in [0.717, 1.165) is 35.1 Å². The smallest absolute Gasteiger partial charge is 0.191 e. The van der Waals surface area contributed by atoms with Gasteiger partial charge in [-0.2, -0.15) is 0 Å². The van der Waals surface area contributed by atoms with Gasteiger partial charge in [-0.05, 0) is 30.0 Å². The van der Waals surface area contributed by atoms with Gasteiger partial charge in [0, 0.05) is 17.2 Å². The van der Waals surface area contributed by atoms with Crippen LogP contribution in [0.3, 0.4) is 0 Å². The van der Waals surface area contributed by atoms with E-state index in [1.165, 1.54) is 19.3 Å². The summed E-state index contributed by atoms with van der Waals surface area (Å²) in [6.45, 7) is 7.31. The Kier molecular flexibility index (Phi) is 4.69. The summed E-state index contributed by atoms with van der Waals surface area (Å²) in [7, 11) is 0. The van der Waals surface area contributed by atoms with E-state index in [9.17, 15) is 4.79 Å². The zero-order valence-electron chi connectivity index (χ0n) is 14.7. The first-order valence-corrected chi connectivity index (χ1v) is 9.35. The molecule has 1 N–H and O–H groups in total. The molecule has 0 aliphatic heterocycles. The Morgan fingerprint density at radius 3 is 2.54 bits per heavy atom. The largest absolute Gasteiger partial charge is 0.303 e. The van der Waals surface area contributed by atoms with Crippen molar-refractivity contribution in [3.63, 3.8) is 0 Å². The Morgan fingerprint density at radius 2 is 1.81 bits per heavy atom. The maximum Gasteiger partial charge on any atom is 0.191 e. The van der Waals surface area contributed by atoms with Crippen LogP contribution >= 0.6 is 0 Å². The maximum absolute atomic E-state index is 13.1. The summed E-state index contributed by atoms with van der Waals surface area (Å²) < 4.78 is 0. The first-order valence-electron chi connectivity index (χ1n) is 9.35. The third kappa shape index (κ3) is 3.21. The van der Waals surface area contributed by atoms with E-state index >= 15 is 0 Å². The van der Waals surface area contributed by atoms with Gasteiger partial charge in [0.15, 0.2) is 11.5 Å². The minimum Gasteiger partial charge on any atom is -0.303 e. The first-order chi connectivity index (χ1) is 12.8. The molecule has 0 aromatic heterocycles. The Bertz CT molecular complexity index is 886. The van der Waals surface area contributed by atoms with Gasteiger partial charge in [0.2, 0.25) is 0 Å². The van der Waals surface area contributed by atoms with Crippen molar-refractivity contribution in [2.24, 2.45) is 0 Å². The average molecular weight is 342 g/mol. The fraction of sp³-hybridized carbons (Fsp3) is 0.304. The van der Waals surface area contributed by atoms with Gasteiger partial charge in [0.25, 0.3) is 0 Å². The number of fused-ring (bicyclic) bond motifs is 1. The van der Waals surface area contributed by atoms with E-state index in [2.05, 4.69) is 10.2 Å². The molecule has 0 amide bonds. The molecule has 0 radical (unpaired) electrons.